The van der Waals surface area contributed by atoms with Crippen LogP contribution in [0.3, 0.4) is 0 Å². The molecule has 1 N–H and O–H groups in total. The molecule has 4 atom stereocenters. The molecule has 126 valence electrons. The summed E-state index contributed by atoms with van der Waals surface area (Å²) in [6.45, 7) is 6.58. The Morgan fingerprint density at radius 2 is 2.00 bits per heavy atom. The fourth-order valence-corrected chi connectivity index (χ4v) is 4.88. The summed E-state index contributed by atoms with van der Waals surface area (Å²) in [5, 5.41) is 10.2. The second kappa shape index (κ2) is 6.48. The van der Waals surface area contributed by atoms with Gasteiger partial charge in [0.1, 0.15) is 0 Å². The molecule has 1 aliphatic heterocycles. The van der Waals surface area contributed by atoms with Gasteiger partial charge in [-0.25, -0.2) is 0 Å². The van der Waals surface area contributed by atoms with Crippen LogP contribution >= 0.6 is 0 Å². The summed E-state index contributed by atoms with van der Waals surface area (Å²) >= 11 is 0. The molecule has 1 spiro atoms. The van der Waals surface area contributed by atoms with E-state index in [1.165, 1.54) is 12.8 Å². The third-order valence-corrected chi connectivity index (χ3v) is 6.40. The number of aliphatic hydroxyl groups excluding tert-OH is 1. The maximum Gasteiger partial charge on any atom is 0.225 e. The Balaban J connectivity index is 1.56. The number of aliphatic hydroxyl groups is 1. The third-order valence-electron chi connectivity index (χ3n) is 6.40. The van der Waals surface area contributed by atoms with Crippen LogP contribution in [0.1, 0.15) is 58.8 Å². The highest BCUT2D eigenvalue weighted by Crippen LogP contribution is 2.51. The van der Waals surface area contributed by atoms with Gasteiger partial charge in [-0.1, -0.05) is 19.8 Å². The van der Waals surface area contributed by atoms with E-state index in [1.807, 2.05) is 6.92 Å². The summed E-state index contributed by atoms with van der Waals surface area (Å²) in [4.78, 5) is 14.8. The highest BCUT2D eigenvalue weighted by Gasteiger charge is 2.56. The number of piperidine rings is 1. The summed E-state index contributed by atoms with van der Waals surface area (Å²) in [6, 6.07) is 0. The molecular formula is C18H31NO3. The van der Waals surface area contributed by atoms with E-state index in [2.05, 4.69) is 11.8 Å². The second-order valence-electron chi connectivity index (χ2n) is 7.72. The summed E-state index contributed by atoms with van der Waals surface area (Å²) in [5.74, 6) is 1.30. The minimum atomic E-state index is -0.240. The molecule has 0 aromatic heterocycles. The molecule has 4 nitrogen and oxygen atoms in total. The van der Waals surface area contributed by atoms with Crippen molar-refractivity contribution in [2.24, 2.45) is 17.3 Å². The Morgan fingerprint density at radius 1 is 1.27 bits per heavy atom. The largest absolute Gasteiger partial charge is 0.392 e. The van der Waals surface area contributed by atoms with Gasteiger partial charge in [-0.3, -0.25) is 4.79 Å². The first-order valence-electron chi connectivity index (χ1n) is 9.15. The molecule has 2 aliphatic carbocycles. The Hall–Kier alpha value is -0.610. The lowest BCUT2D eigenvalue weighted by Gasteiger charge is -2.56. The van der Waals surface area contributed by atoms with Crippen molar-refractivity contribution < 1.29 is 14.6 Å². The van der Waals surface area contributed by atoms with Crippen molar-refractivity contribution >= 4 is 5.91 Å². The average molecular weight is 309 g/mol. The zero-order valence-corrected chi connectivity index (χ0v) is 14.1. The maximum atomic E-state index is 12.7. The number of hydrogen-bond acceptors (Lipinski definition) is 3. The normalized spacial score (nSPS) is 37.9. The zero-order valence-electron chi connectivity index (χ0n) is 14.1. The quantitative estimate of drug-likeness (QED) is 0.872. The van der Waals surface area contributed by atoms with Gasteiger partial charge in [0, 0.05) is 37.5 Å². The Morgan fingerprint density at radius 3 is 2.59 bits per heavy atom. The first kappa shape index (κ1) is 16.3. The minimum absolute atomic E-state index is 0.0767. The highest BCUT2D eigenvalue weighted by molar-refractivity contribution is 5.79. The number of carbonyl (C=O) groups is 1. The van der Waals surface area contributed by atoms with Gasteiger partial charge >= 0.3 is 0 Å². The number of hydrogen-bond donors (Lipinski definition) is 1. The monoisotopic (exact) mass is 309 g/mol. The first-order chi connectivity index (χ1) is 10.6. The number of amides is 1. The zero-order chi connectivity index (χ0) is 15.7. The summed E-state index contributed by atoms with van der Waals surface area (Å²) in [6.07, 6.45) is 7.10. The number of nitrogens with zero attached hydrogens (tertiary/aromatic N) is 1. The molecular weight excluding hydrogens is 278 g/mol. The van der Waals surface area contributed by atoms with Crippen LogP contribution in [0.4, 0.5) is 0 Å². The summed E-state index contributed by atoms with van der Waals surface area (Å²) in [5.41, 5.74) is -0.0767. The van der Waals surface area contributed by atoms with Gasteiger partial charge in [0.25, 0.3) is 0 Å². The summed E-state index contributed by atoms with van der Waals surface area (Å²) in [7, 11) is 0. The summed E-state index contributed by atoms with van der Waals surface area (Å²) < 4.78 is 5.80. The molecule has 3 rings (SSSR count). The molecule has 4 heteroatoms. The van der Waals surface area contributed by atoms with E-state index in [0.29, 0.717) is 18.4 Å². The van der Waals surface area contributed by atoms with Crippen LogP contribution in [0.25, 0.3) is 0 Å². The van der Waals surface area contributed by atoms with Crippen LogP contribution in [0.15, 0.2) is 0 Å². The smallest absolute Gasteiger partial charge is 0.225 e. The minimum Gasteiger partial charge on any atom is -0.392 e. The van der Waals surface area contributed by atoms with Gasteiger partial charge in [-0.05, 0) is 38.5 Å². The maximum absolute atomic E-state index is 12.7. The molecule has 1 saturated heterocycles. The molecule has 1 heterocycles. The topological polar surface area (TPSA) is 49.8 Å². The fraction of sp³-hybridized carbons (Fsp3) is 0.944. The van der Waals surface area contributed by atoms with Gasteiger partial charge in [0.05, 0.1) is 12.2 Å². The van der Waals surface area contributed by atoms with E-state index in [0.717, 1.165) is 45.2 Å². The lowest BCUT2D eigenvalue weighted by molar-refractivity contribution is -0.210. The lowest BCUT2D eigenvalue weighted by atomic mass is 9.58. The van der Waals surface area contributed by atoms with Crippen LogP contribution < -0.4 is 0 Å². The highest BCUT2D eigenvalue weighted by atomic mass is 16.5. The molecule has 1 amide bonds. The average Bonchev–Trinajstić information content (AvgIpc) is 2.54. The second-order valence-corrected chi connectivity index (χ2v) is 7.72. The Kier molecular flexibility index (Phi) is 4.79. The van der Waals surface area contributed by atoms with Crippen LogP contribution in [0.2, 0.25) is 0 Å². The number of ether oxygens (including phenoxy) is 1. The molecule has 3 fully saturated rings. The van der Waals surface area contributed by atoms with E-state index >= 15 is 0 Å². The Labute approximate surface area is 134 Å². The number of likely N-dealkylation sites (tertiary alicyclic amines) is 1. The number of rotatable bonds is 3. The third kappa shape index (κ3) is 2.80. The van der Waals surface area contributed by atoms with E-state index in [4.69, 9.17) is 4.74 Å². The van der Waals surface area contributed by atoms with E-state index in [1.54, 1.807) is 0 Å². The van der Waals surface area contributed by atoms with Crippen LogP contribution in [0, 0.1) is 17.3 Å². The molecule has 3 aliphatic rings. The van der Waals surface area contributed by atoms with Crippen LogP contribution in [-0.2, 0) is 9.53 Å². The molecule has 0 unspecified atom stereocenters. The Bertz CT molecular complexity index is 401. The molecule has 0 aromatic rings. The fourth-order valence-electron chi connectivity index (χ4n) is 4.88. The van der Waals surface area contributed by atoms with Crippen molar-refractivity contribution in [3.8, 4) is 0 Å². The van der Waals surface area contributed by atoms with Gasteiger partial charge in [-0.2, -0.15) is 0 Å². The van der Waals surface area contributed by atoms with Crippen molar-refractivity contribution in [1.29, 1.82) is 0 Å². The molecule has 0 bridgehead atoms. The lowest BCUT2D eigenvalue weighted by Crippen LogP contribution is -2.63. The van der Waals surface area contributed by atoms with Crippen molar-refractivity contribution in [3.05, 3.63) is 0 Å². The predicted molar refractivity (Wildman–Crippen MR) is 85.4 cm³/mol. The predicted octanol–water partition coefficient (Wildman–Crippen LogP) is 2.59. The van der Waals surface area contributed by atoms with Gasteiger partial charge < -0.3 is 14.7 Å². The van der Waals surface area contributed by atoms with Crippen LogP contribution in [-0.4, -0.2) is 47.8 Å². The van der Waals surface area contributed by atoms with Gasteiger partial charge in [0.2, 0.25) is 5.91 Å². The van der Waals surface area contributed by atoms with Gasteiger partial charge in [0.15, 0.2) is 0 Å². The van der Waals surface area contributed by atoms with E-state index in [9.17, 15) is 9.90 Å². The van der Waals surface area contributed by atoms with Gasteiger partial charge in [-0.15, -0.1) is 0 Å². The SMILES string of the molecule is CCO[C@@H]1C[C@H](O)C12CCN(C(=O)[C@H]1CCC[C@@H](C)C1)CC2. The molecule has 2 saturated carbocycles. The first-order valence-corrected chi connectivity index (χ1v) is 9.15. The number of carbonyl (C=O) groups excluding carboxylic acids is 1. The van der Waals surface area contributed by atoms with Crippen molar-refractivity contribution in [2.75, 3.05) is 19.7 Å². The van der Waals surface area contributed by atoms with Crippen molar-refractivity contribution in [2.45, 2.75) is 71.0 Å². The standard InChI is InChI=1S/C18H31NO3/c1-3-22-16-12-15(20)18(16)7-9-19(10-8-18)17(21)14-6-4-5-13(2)11-14/h13-16,20H,3-12H2,1-2H3/t13-,14+,15+,16-/m1/s1. The molecule has 0 aromatic carbocycles. The van der Waals surface area contributed by atoms with Crippen molar-refractivity contribution in [3.63, 3.8) is 0 Å². The van der Waals surface area contributed by atoms with Crippen LogP contribution in [0.5, 0.6) is 0 Å². The van der Waals surface area contributed by atoms with E-state index < -0.39 is 0 Å². The van der Waals surface area contributed by atoms with E-state index in [-0.39, 0.29) is 23.5 Å². The molecule has 0 radical (unpaired) electrons. The van der Waals surface area contributed by atoms with Crippen molar-refractivity contribution in [1.82, 2.24) is 4.90 Å². The molecule has 22 heavy (non-hydrogen) atoms.